The van der Waals surface area contributed by atoms with E-state index in [0.29, 0.717) is 12.0 Å². The van der Waals surface area contributed by atoms with Gasteiger partial charge in [-0.1, -0.05) is 12.1 Å². The second-order valence-electron chi connectivity index (χ2n) is 6.16. The van der Waals surface area contributed by atoms with Gasteiger partial charge in [0.1, 0.15) is 0 Å². The van der Waals surface area contributed by atoms with Gasteiger partial charge in [-0.15, -0.1) is 5.10 Å². The Morgan fingerprint density at radius 3 is 2.59 bits per heavy atom. The summed E-state index contributed by atoms with van der Waals surface area (Å²) in [5.41, 5.74) is 7.04. The Hall–Kier alpha value is -0.940. The predicted molar refractivity (Wildman–Crippen MR) is 67.4 cm³/mol. The molecule has 2 heterocycles. The summed E-state index contributed by atoms with van der Waals surface area (Å²) in [6.45, 7) is 11.5. The van der Waals surface area contributed by atoms with Crippen LogP contribution in [0.5, 0.6) is 0 Å². The highest BCUT2D eigenvalue weighted by molar-refractivity contribution is 4.97. The minimum atomic E-state index is -0.0000459. The first-order valence-corrected chi connectivity index (χ1v) is 6.26. The van der Waals surface area contributed by atoms with Crippen LogP contribution < -0.4 is 5.73 Å². The molecule has 0 aliphatic carbocycles. The number of nitrogens with zero attached hydrogens (tertiary/aromatic N) is 4. The molecule has 2 unspecified atom stereocenters. The Kier molecular flexibility index (Phi) is 3.23. The van der Waals surface area contributed by atoms with Crippen molar-refractivity contribution in [2.75, 3.05) is 13.1 Å². The van der Waals surface area contributed by atoms with Crippen LogP contribution in [0.2, 0.25) is 0 Å². The van der Waals surface area contributed by atoms with Gasteiger partial charge < -0.3 is 5.73 Å². The molecule has 0 aromatic carbocycles. The van der Waals surface area contributed by atoms with E-state index >= 15 is 0 Å². The smallest absolute Gasteiger partial charge is 0.0967 e. The highest BCUT2D eigenvalue weighted by Crippen LogP contribution is 2.17. The Morgan fingerprint density at radius 1 is 1.41 bits per heavy atom. The minimum absolute atomic E-state index is 0.0000459. The molecule has 2 atom stereocenters. The van der Waals surface area contributed by atoms with Crippen molar-refractivity contribution in [1.82, 2.24) is 19.9 Å². The van der Waals surface area contributed by atoms with Crippen LogP contribution in [0, 0.1) is 5.92 Å². The average Bonchev–Trinajstić information content (AvgIpc) is 2.75. The summed E-state index contributed by atoms with van der Waals surface area (Å²) in [4.78, 5) is 2.35. The fraction of sp³-hybridized carbons (Fsp3) is 0.833. The summed E-state index contributed by atoms with van der Waals surface area (Å²) >= 11 is 0. The second kappa shape index (κ2) is 4.38. The second-order valence-corrected chi connectivity index (χ2v) is 6.16. The van der Waals surface area contributed by atoms with Crippen LogP contribution in [0.3, 0.4) is 0 Å². The van der Waals surface area contributed by atoms with Crippen molar-refractivity contribution in [2.24, 2.45) is 11.7 Å². The Morgan fingerprint density at radius 2 is 2.12 bits per heavy atom. The molecule has 1 aliphatic heterocycles. The zero-order chi connectivity index (χ0) is 12.6. The molecule has 1 aromatic heterocycles. The number of nitrogens with two attached hydrogens (primary N) is 1. The molecule has 0 amide bonds. The standard InChI is InChI=1S/C12H23N5/c1-9-5-16(8-11(9)13)6-10-7-17(15-14-10)12(2,3)4/h7,9,11H,5-6,8,13H2,1-4H3. The normalized spacial score (nSPS) is 26.6. The Labute approximate surface area is 103 Å². The van der Waals surface area contributed by atoms with E-state index in [9.17, 15) is 0 Å². The van der Waals surface area contributed by atoms with Gasteiger partial charge in [-0.25, -0.2) is 4.68 Å². The average molecular weight is 237 g/mol. The maximum atomic E-state index is 6.01. The lowest BCUT2D eigenvalue weighted by Gasteiger charge is -2.17. The van der Waals surface area contributed by atoms with Crippen molar-refractivity contribution in [3.8, 4) is 0 Å². The zero-order valence-corrected chi connectivity index (χ0v) is 11.2. The van der Waals surface area contributed by atoms with Crippen molar-refractivity contribution < 1.29 is 0 Å². The van der Waals surface area contributed by atoms with Crippen LogP contribution in [-0.4, -0.2) is 39.0 Å². The third-order valence-corrected chi connectivity index (χ3v) is 3.36. The lowest BCUT2D eigenvalue weighted by Crippen LogP contribution is -2.28. The first kappa shape index (κ1) is 12.5. The fourth-order valence-corrected chi connectivity index (χ4v) is 2.15. The molecular weight excluding hydrogens is 214 g/mol. The van der Waals surface area contributed by atoms with E-state index in [1.54, 1.807) is 0 Å². The summed E-state index contributed by atoms with van der Waals surface area (Å²) < 4.78 is 1.92. The quantitative estimate of drug-likeness (QED) is 0.827. The van der Waals surface area contributed by atoms with Crippen LogP contribution in [-0.2, 0) is 12.1 Å². The largest absolute Gasteiger partial charge is 0.326 e. The number of aromatic nitrogens is 3. The fourth-order valence-electron chi connectivity index (χ4n) is 2.15. The third kappa shape index (κ3) is 2.84. The highest BCUT2D eigenvalue weighted by Gasteiger charge is 2.27. The van der Waals surface area contributed by atoms with E-state index in [2.05, 4.69) is 42.9 Å². The SMILES string of the molecule is CC1CN(Cc2cn(C(C)(C)C)nn2)CC1N. The van der Waals surface area contributed by atoms with Crippen LogP contribution in [0.25, 0.3) is 0 Å². The lowest BCUT2D eigenvalue weighted by molar-refractivity contribution is 0.314. The Bertz CT molecular complexity index is 368. The number of likely N-dealkylation sites (tertiary alicyclic amines) is 1. The topological polar surface area (TPSA) is 60.0 Å². The van der Waals surface area contributed by atoms with Gasteiger partial charge >= 0.3 is 0 Å². The van der Waals surface area contributed by atoms with E-state index in [0.717, 1.165) is 25.3 Å². The summed E-state index contributed by atoms with van der Waals surface area (Å²) in [5.74, 6) is 0.577. The molecule has 0 bridgehead atoms. The van der Waals surface area contributed by atoms with Gasteiger partial charge in [0, 0.05) is 25.7 Å². The monoisotopic (exact) mass is 237 g/mol. The molecule has 96 valence electrons. The minimum Gasteiger partial charge on any atom is -0.326 e. The van der Waals surface area contributed by atoms with Gasteiger partial charge in [0.25, 0.3) is 0 Å². The number of hydrogen-bond donors (Lipinski definition) is 1. The Balaban J connectivity index is 1.98. The molecule has 0 spiro atoms. The van der Waals surface area contributed by atoms with Gasteiger partial charge in [0.05, 0.1) is 17.4 Å². The van der Waals surface area contributed by atoms with Gasteiger partial charge in [-0.3, -0.25) is 4.90 Å². The first-order chi connectivity index (χ1) is 7.86. The van der Waals surface area contributed by atoms with Gasteiger partial charge in [-0.2, -0.15) is 0 Å². The number of hydrogen-bond acceptors (Lipinski definition) is 4. The van der Waals surface area contributed by atoms with Crippen molar-refractivity contribution in [1.29, 1.82) is 0 Å². The van der Waals surface area contributed by atoms with Gasteiger partial charge in [-0.05, 0) is 26.7 Å². The molecule has 5 heteroatoms. The summed E-state index contributed by atoms with van der Waals surface area (Å²) in [6.07, 6.45) is 2.04. The van der Waals surface area contributed by atoms with Crippen molar-refractivity contribution in [3.05, 3.63) is 11.9 Å². The van der Waals surface area contributed by atoms with E-state index in [-0.39, 0.29) is 5.54 Å². The van der Waals surface area contributed by atoms with Crippen LogP contribution in [0.4, 0.5) is 0 Å². The molecule has 0 radical (unpaired) electrons. The van der Waals surface area contributed by atoms with Gasteiger partial charge in [0.15, 0.2) is 0 Å². The number of rotatable bonds is 2. The van der Waals surface area contributed by atoms with E-state index in [4.69, 9.17) is 5.73 Å². The molecule has 2 N–H and O–H groups in total. The van der Waals surface area contributed by atoms with E-state index < -0.39 is 0 Å². The molecule has 1 aromatic rings. The highest BCUT2D eigenvalue weighted by atomic mass is 15.4. The first-order valence-electron chi connectivity index (χ1n) is 6.26. The third-order valence-electron chi connectivity index (χ3n) is 3.36. The lowest BCUT2D eigenvalue weighted by atomic mass is 10.1. The zero-order valence-electron chi connectivity index (χ0n) is 11.2. The molecular formula is C12H23N5. The molecule has 5 nitrogen and oxygen atoms in total. The molecule has 1 aliphatic rings. The van der Waals surface area contributed by atoms with Crippen molar-refractivity contribution in [2.45, 2.75) is 45.8 Å². The molecule has 2 rings (SSSR count). The van der Waals surface area contributed by atoms with Crippen LogP contribution in [0.15, 0.2) is 6.20 Å². The van der Waals surface area contributed by atoms with Crippen LogP contribution >= 0.6 is 0 Å². The molecule has 1 fully saturated rings. The molecule has 17 heavy (non-hydrogen) atoms. The van der Waals surface area contributed by atoms with Crippen molar-refractivity contribution >= 4 is 0 Å². The van der Waals surface area contributed by atoms with E-state index in [1.165, 1.54) is 0 Å². The summed E-state index contributed by atoms with van der Waals surface area (Å²) in [5, 5.41) is 8.40. The maximum absolute atomic E-state index is 6.01. The predicted octanol–water partition coefficient (Wildman–Crippen LogP) is 0.812. The summed E-state index contributed by atoms with van der Waals surface area (Å²) in [6, 6.07) is 0.299. The summed E-state index contributed by atoms with van der Waals surface area (Å²) in [7, 11) is 0. The van der Waals surface area contributed by atoms with E-state index in [1.807, 2.05) is 10.9 Å². The molecule has 1 saturated heterocycles. The van der Waals surface area contributed by atoms with Crippen LogP contribution in [0.1, 0.15) is 33.4 Å². The maximum Gasteiger partial charge on any atom is 0.0967 e. The van der Waals surface area contributed by atoms with Gasteiger partial charge in [0.2, 0.25) is 0 Å². The van der Waals surface area contributed by atoms with Crippen molar-refractivity contribution in [3.63, 3.8) is 0 Å². The molecule has 0 saturated carbocycles.